The maximum absolute atomic E-state index is 17.1. The second-order valence-electron chi connectivity index (χ2n) is 9.67. The van der Waals surface area contributed by atoms with Crippen LogP contribution in [0.2, 0.25) is 0 Å². The molecule has 1 amide bonds. The van der Waals surface area contributed by atoms with Crippen molar-refractivity contribution in [3.8, 4) is 0 Å². The van der Waals surface area contributed by atoms with E-state index < -0.39 is 63.8 Å². The first kappa shape index (κ1) is 29.2. The van der Waals surface area contributed by atoms with Crippen LogP contribution in [0.5, 0.6) is 0 Å². The Morgan fingerprint density at radius 3 is 1.79 bits per heavy atom. The average molecular weight is 566 g/mol. The standard InChI is InChI=1S/C27H29F2NO6S2/c1-26(2,3)36-25(31)30-22(18-20-11-10-12-21(28)17-20)19-27(29,37(32,33)23-13-6-4-7-14-23)38(34,35)24-15-8-5-9-16-24/h4-17,22H,18-19H2,1-3H3,(H,30,31)/t22-/m0/s1. The Bertz CT molecular complexity index is 1400. The van der Waals surface area contributed by atoms with Crippen molar-refractivity contribution in [1.82, 2.24) is 5.32 Å². The number of benzene rings is 3. The minimum absolute atomic E-state index is 0.280. The summed E-state index contributed by atoms with van der Waals surface area (Å²) in [6.07, 6.45) is -2.50. The van der Waals surface area contributed by atoms with Gasteiger partial charge in [-0.25, -0.2) is 30.4 Å². The van der Waals surface area contributed by atoms with Crippen molar-refractivity contribution in [1.29, 1.82) is 0 Å². The fourth-order valence-electron chi connectivity index (χ4n) is 3.81. The van der Waals surface area contributed by atoms with E-state index in [1.165, 1.54) is 54.6 Å². The molecule has 0 saturated carbocycles. The lowest BCUT2D eigenvalue weighted by atomic mass is 10.0. The van der Waals surface area contributed by atoms with Crippen LogP contribution >= 0.6 is 0 Å². The van der Waals surface area contributed by atoms with Gasteiger partial charge in [0.1, 0.15) is 11.4 Å². The van der Waals surface area contributed by atoms with Crippen LogP contribution in [-0.4, -0.2) is 38.9 Å². The molecule has 0 heterocycles. The van der Waals surface area contributed by atoms with Crippen molar-refractivity contribution in [2.24, 2.45) is 0 Å². The number of hydrogen-bond donors (Lipinski definition) is 1. The van der Waals surface area contributed by atoms with Crippen LogP contribution in [-0.2, 0) is 30.8 Å². The fraction of sp³-hybridized carbons (Fsp3) is 0.296. The van der Waals surface area contributed by atoms with Crippen LogP contribution in [0.4, 0.5) is 13.6 Å². The minimum Gasteiger partial charge on any atom is -0.444 e. The molecule has 3 rings (SSSR count). The average Bonchev–Trinajstić information content (AvgIpc) is 2.83. The van der Waals surface area contributed by atoms with E-state index in [1.54, 1.807) is 20.8 Å². The fourth-order valence-corrected chi connectivity index (χ4v) is 8.12. The van der Waals surface area contributed by atoms with Crippen LogP contribution in [0.15, 0.2) is 94.7 Å². The SMILES string of the molecule is CC(C)(C)OC(=O)N[C@@H](Cc1cccc(F)c1)CC(F)(S(=O)(=O)c1ccccc1)S(=O)(=O)c1ccccc1. The van der Waals surface area contributed by atoms with Crippen LogP contribution in [0.3, 0.4) is 0 Å². The first-order chi connectivity index (χ1) is 17.7. The van der Waals surface area contributed by atoms with E-state index in [0.717, 1.165) is 30.3 Å². The summed E-state index contributed by atoms with van der Waals surface area (Å²) in [6, 6.07) is 16.5. The number of carbonyl (C=O) groups excluding carboxylic acids is 1. The molecule has 3 aromatic carbocycles. The lowest BCUT2D eigenvalue weighted by Crippen LogP contribution is -2.50. The molecule has 1 N–H and O–H groups in total. The smallest absolute Gasteiger partial charge is 0.407 e. The topological polar surface area (TPSA) is 107 Å². The second-order valence-corrected chi connectivity index (χ2v) is 14.2. The van der Waals surface area contributed by atoms with Gasteiger partial charge in [0.2, 0.25) is 19.7 Å². The summed E-state index contributed by atoms with van der Waals surface area (Å²) in [5.74, 6) is -0.612. The molecule has 204 valence electrons. The van der Waals surface area contributed by atoms with Crippen LogP contribution in [0.1, 0.15) is 32.8 Å². The molecular formula is C27H29F2NO6S2. The lowest BCUT2D eigenvalue weighted by molar-refractivity contribution is 0.0496. The number of nitrogens with one attached hydrogen (secondary N) is 1. The van der Waals surface area contributed by atoms with Gasteiger partial charge in [0.25, 0.3) is 0 Å². The highest BCUT2D eigenvalue weighted by Crippen LogP contribution is 2.41. The number of ether oxygens (including phenoxy) is 1. The summed E-state index contributed by atoms with van der Waals surface area (Å²) in [5, 5.41) is 2.39. The molecule has 0 aliphatic heterocycles. The minimum atomic E-state index is -5.19. The Labute approximate surface area is 221 Å². The van der Waals surface area contributed by atoms with E-state index in [4.69, 9.17) is 4.74 Å². The molecule has 3 aromatic rings. The third-order valence-electron chi connectivity index (χ3n) is 5.49. The van der Waals surface area contributed by atoms with Gasteiger partial charge in [0.15, 0.2) is 0 Å². The highest BCUT2D eigenvalue weighted by atomic mass is 32.3. The predicted molar refractivity (Wildman–Crippen MR) is 139 cm³/mol. The van der Waals surface area contributed by atoms with Crippen molar-refractivity contribution >= 4 is 25.8 Å². The lowest BCUT2D eigenvalue weighted by Gasteiger charge is -2.30. The second kappa shape index (κ2) is 11.2. The van der Waals surface area contributed by atoms with Gasteiger partial charge in [-0.2, -0.15) is 0 Å². The molecule has 38 heavy (non-hydrogen) atoms. The molecule has 0 spiro atoms. The van der Waals surface area contributed by atoms with Gasteiger partial charge in [-0.3, -0.25) is 0 Å². The maximum atomic E-state index is 17.1. The summed E-state index contributed by atoms with van der Waals surface area (Å²) in [5.41, 5.74) is -0.672. The summed E-state index contributed by atoms with van der Waals surface area (Å²) in [4.78, 5) is 11.5. The molecule has 0 aliphatic rings. The van der Waals surface area contributed by atoms with Crippen molar-refractivity contribution in [2.45, 2.75) is 59.4 Å². The third kappa shape index (κ3) is 6.57. The van der Waals surface area contributed by atoms with Gasteiger partial charge >= 0.3 is 10.4 Å². The van der Waals surface area contributed by atoms with Gasteiger partial charge in [-0.05, 0) is 69.2 Å². The maximum Gasteiger partial charge on any atom is 0.407 e. The Kier molecular flexibility index (Phi) is 8.62. The van der Waals surface area contributed by atoms with E-state index in [-0.39, 0.29) is 12.0 Å². The molecule has 0 aromatic heterocycles. The molecule has 0 fully saturated rings. The number of hydrogen-bond acceptors (Lipinski definition) is 6. The number of amides is 1. The zero-order valence-electron chi connectivity index (χ0n) is 21.1. The third-order valence-corrected chi connectivity index (χ3v) is 10.5. The Morgan fingerprint density at radius 1 is 0.842 bits per heavy atom. The Balaban J connectivity index is 2.15. The zero-order chi connectivity index (χ0) is 28.2. The number of alkyl carbamates (subject to hydrolysis) is 1. The van der Waals surface area contributed by atoms with Gasteiger partial charge < -0.3 is 10.1 Å². The highest BCUT2D eigenvalue weighted by Gasteiger charge is 2.58. The summed E-state index contributed by atoms with van der Waals surface area (Å²) >= 11 is 0. The zero-order valence-corrected chi connectivity index (χ0v) is 22.7. The highest BCUT2D eigenvalue weighted by molar-refractivity contribution is 8.10. The van der Waals surface area contributed by atoms with Gasteiger partial charge in [-0.1, -0.05) is 48.5 Å². The number of sulfone groups is 2. The largest absolute Gasteiger partial charge is 0.444 e. The first-order valence-corrected chi connectivity index (χ1v) is 14.6. The monoisotopic (exact) mass is 565 g/mol. The molecule has 11 heteroatoms. The van der Waals surface area contributed by atoms with Crippen LogP contribution in [0, 0.1) is 5.82 Å². The summed E-state index contributed by atoms with van der Waals surface area (Å²) < 4.78 is 87.0. The molecule has 7 nitrogen and oxygen atoms in total. The van der Waals surface area contributed by atoms with Crippen molar-refractivity contribution in [3.63, 3.8) is 0 Å². The molecule has 1 atom stereocenters. The van der Waals surface area contributed by atoms with E-state index in [9.17, 15) is 26.0 Å². The first-order valence-electron chi connectivity index (χ1n) is 11.7. The van der Waals surface area contributed by atoms with Gasteiger partial charge in [0.05, 0.1) is 9.79 Å². The van der Waals surface area contributed by atoms with E-state index >= 15 is 4.39 Å². The Hall–Kier alpha value is -3.31. The molecule has 0 radical (unpaired) electrons. The Morgan fingerprint density at radius 2 is 1.34 bits per heavy atom. The van der Waals surface area contributed by atoms with Crippen LogP contribution < -0.4 is 5.32 Å². The van der Waals surface area contributed by atoms with Crippen molar-refractivity contribution in [2.75, 3.05) is 0 Å². The summed E-state index contributed by atoms with van der Waals surface area (Å²) in [6.45, 7) is 4.77. The van der Waals surface area contributed by atoms with Gasteiger partial charge in [0, 0.05) is 12.5 Å². The molecular weight excluding hydrogens is 536 g/mol. The van der Waals surface area contributed by atoms with Crippen molar-refractivity contribution in [3.05, 3.63) is 96.3 Å². The normalized spacial score (nSPS) is 13.5. The quantitative estimate of drug-likeness (QED) is 0.381. The number of alkyl halides is 1. The molecule has 0 unspecified atom stereocenters. The van der Waals surface area contributed by atoms with Gasteiger partial charge in [-0.15, -0.1) is 0 Å². The summed E-state index contributed by atoms with van der Waals surface area (Å²) in [7, 11) is -10.4. The molecule has 0 aliphatic carbocycles. The van der Waals surface area contributed by atoms with E-state index in [2.05, 4.69) is 5.32 Å². The number of rotatable bonds is 9. The van der Waals surface area contributed by atoms with Crippen LogP contribution in [0.25, 0.3) is 0 Å². The predicted octanol–water partition coefficient (Wildman–Crippen LogP) is 5.22. The molecule has 0 saturated heterocycles. The van der Waals surface area contributed by atoms with Crippen molar-refractivity contribution < 1.29 is 35.1 Å². The molecule has 0 bridgehead atoms. The number of carbonyl (C=O) groups is 1. The number of halogens is 2. The van der Waals surface area contributed by atoms with E-state index in [0.29, 0.717) is 0 Å². The van der Waals surface area contributed by atoms with E-state index in [1.807, 2.05) is 0 Å².